The Bertz CT molecular complexity index is 499. The van der Waals surface area contributed by atoms with Crippen LogP contribution >= 0.6 is 11.3 Å². The third-order valence-corrected chi connectivity index (χ3v) is 4.90. The Labute approximate surface area is 122 Å². The van der Waals surface area contributed by atoms with Crippen LogP contribution in [0.3, 0.4) is 0 Å². The van der Waals surface area contributed by atoms with Gasteiger partial charge in [0.15, 0.2) is 5.13 Å². The van der Waals surface area contributed by atoms with Crippen LogP contribution in [0.2, 0.25) is 0 Å². The highest BCUT2D eigenvalue weighted by molar-refractivity contribution is 7.18. The van der Waals surface area contributed by atoms with Crippen LogP contribution < -0.4 is 22.1 Å². The minimum Gasteiger partial charge on any atom is -0.382 e. The molecule has 0 bridgehead atoms. The van der Waals surface area contributed by atoms with Crippen molar-refractivity contribution < 1.29 is 4.79 Å². The molecule has 0 aromatic carbocycles. The van der Waals surface area contributed by atoms with Gasteiger partial charge in [-0.15, -0.1) is 0 Å². The van der Waals surface area contributed by atoms with E-state index in [1.54, 1.807) is 0 Å². The lowest BCUT2D eigenvalue weighted by Crippen LogP contribution is -2.49. The zero-order chi connectivity index (χ0) is 14.1. The number of rotatable bonds is 4. The fourth-order valence-corrected chi connectivity index (χ4v) is 3.40. The van der Waals surface area contributed by atoms with E-state index in [1.165, 1.54) is 11.3 Å². The van der Waals surface area contributed by atoms with Crippen molar-refractivity contribution in [1.29, 1.82) is 0 Å². The molecule has 0 aliphatic heterocycles. The molecular formula is C13H21N5OS. The van der Waals surface area contributed by atoms with E-state index in [0.29, 0.717) is 16.7 Å². The van der Waals surface area contributed by atoms with Gasteiger partial charge >= 0.3 is 0 Å². The second kappa shape index (κ2) is 5.57. The average Bonchev–Trinajstić information content (AvgIpc) is 3.14. The van der Waals surface area contributed by atoms with Crippen molar-refractivity contribution in [2.45, 2.75) is 56.7 Å². The first-order valence-electron chi connectivity index (χ1n) is 7.23. The molecular weight excluding hydrogens is 274 g/mol. The van der Waals surface area contributed by atoms with Crippen LogP contribution in [0.1, 0.15) is 48.2 Å². The van der Waals surface area contributed by atoms with Gasteiger partial charge in [0.1, 0.15) is 10.7 Å². The first-order chi connectivity index (χ1) is 9.63. The minimum absolute atomic E-state index is 0.0471. The number of amides is 1. The first-order valence-corrected chi connectivity index (χ1v) is 8.04. The molecule has 20 heavy (non-hydrogen) atoms. The van der Waals surface area contributed by atoms with E-state index in [-0.39, 0.29) is 18.0 Å². The van der Waals surface area contributed by atoms with Crippen LogP contribution in [-0.4, -0.2) is 29.0 Å². The molecule has 7 heteroatoms. The molecule has 0 radical (unpaired) electrons. The molecule has 1 amide bonds. The Kier molecular flexibility index (Phi) is 3.80. The zero-order valence-corrected chi connectivity index (χ0v) is 12.2. The molecule has 2 fully saturated rings. The summed E-state index contributed by atoms with van der Waals surface area (Å²) >= 11 is 1.33. The Morgan fingerprint density at radius 2 is 2.00 bits per heavy atom. The van der Waals surface area contributed by atoms with Crippen molar-refractivity contribution in [2.75, 3.05) is 11.1 Å². The van der Waals surface area contributed by atoms with Gasteiger partial charge in [-0.05, 0) is 25.7 Å². The molecule has 2 aliphatic rings. The lowest BCUT2D eigenvalue weighted by Gasteiger charge is -2.29. The van der Waals surface area contributed by atoms with Crippen LogP contribution in [0.15, 0.2) is 0 Å². The van der Waals surface area contributed by atoms with E-state index in [1.807, 2.05) is 0 Å². The summed E-state index contributed by atoms with van der Waals surface area (Å²) in [7, 11) is 0. The van der Waals surface area contributed by atoms with E-state index in [9.17, 15) is 4.79 Å². The van der Waals surface area contributed by atoms with Gasteiger partial charge in [-0.1, -0.05) is 24.2 Å². The quantitative estimate of drug-likeness (QED) is 0.670. The first kappa shape index (κ1) is 13.6. The van der Waals surface area contributed by atoms with Crippen LogP contribution in [0.25, 0.3) is 0 Å². The molecule has 2 atom stereocenters. The van der Waals surface area contributed by atoms with Gasteiger partial charge in [0.05, 0.1) is 0 Å². The molecule has 0 spiro atoms. The van der Waals surface area contributed by atoms with E-state index in [0.717, 1.165) is 43.7 Å². The van der Waals surface area contributed by atoms with Crippen LogP contribution in [-0.2, 0) is 0 Å². The Morgan fingerprint density at radius 1 is 1.25 bits per heavy atom. The molecule has 6 N–H and O–H groups in total. The number of nitrogens with zero attached hydrogens (tertiary/aromatic N) is 1. The van der Waals surface area contributed by atoms with Gasteiger partial charge in [0, 0.05) is 18.1 Å². The Hall–Kier alpha value is -1.34. The number of aromatic nitrogens is 1. The van der Waals surface area contributed by atoms with E-state index in [4.69, 9.17) is 11.5 Å². The summed E-state index contributed by atoms with van der Waals surface area (Å²) in [4.78, 5) is 17.0. The molecule has 2 unspecified atom stereocenters. The smallest absolute Gasteiger partial charge is 0.265 e. The van der Waals surface area contributed by atoms with Crippen molar-refractivity contribution in [1.82, 2.24) is 10.3 Å². The van der Waals surface area contributed by atoms with E-state index >= 15 is 0 Å². The Balaban J connectivity index is 1.64. The summed E-state index contributed by atoms with van der Waals surface area (Å²) in [6.07, 6.45) is 6.50. The highest BCUT2D eigenvalue weighted by atomic mass is 32.1. The summed E-state index contributed by atoms with van der Waals surface area (Å²) in [5.74, 6) is 0.159. The van der Waals surface area contributed by atoms with Crippen molar-refractivity contribution in [3.8, 4) is 0 Å². The number of thiazole rings is 1. The zero-order valence-electron chi connectivity index (χ0n) is 11.4. The minimum atomic E-state index is -0.147. The summed E-state index contributed by atoms with van der Waals surface area (Å²) in [5.41, 5.74) is 11.9. The fourth-order valence-electron chi connectivity index (χ4n) is 2.53. The van der Waals surface area contributed by atoms with Crippen molar-refractivity contribution in [2.24, 2.45) is 5.73 Å². The molecule has 3 rings (SSSR count). The molecule has 2 aliphatic carbocycles. The maximum absolute atomic E-state index is 12.3. The molecule has 1 aromatic rings. The molecule has 1 aromatic heterocycles. The van der Waals surface area contributed by atoms with Crippen molar-refractivity contribution in [3.05, 3.63) is 4.88 Å². The molecule has 0 saturated heterocycles. The van der Waals surface area contributed by atoms with Gasteiger partial charge in [-0.25, -0.2) is 4.98 Å². The standard InChI is InChI=1S/C13H21N5OS/c14-8-3-1-2-4-9(8)17-12(19)10-11(15)18-13(20-10)16-7-5-6-7/h7-9H,1-6,14-15H2,(H,16,18)(H,17,19). The Morgan fingerprint density at radius 3 is 2.70 bits per heavy atom. The second-order valence-corrected chi connectivity index (χ2v) is 6.68. The van der Waals surface area contributed by atoms with Gasteiger partial charge in [-0.3, -0.25) is 4.79 Å². The molecule has 110 valence electrons. The fraction of sp³-hybridized carbons (Fsp3) is 0.692. The largest absolute Gasteiger partial charge is 0.382 e. The number of hydrogen-bond donors (Lipinski definition) is 4. The summed E-state index contributed by atoms with van der Waals surface area (Å²) < 4.78 is 0. The number of nitrogen functional groups attached to an aromatic ring is 1. The van der Waals surface area contributed by atoms with Gasteiger partial charge in [0.2, 0.25) is 0 Å². The van der Waals surface area contributed by atoms with Crippen LogP contribution in [0, 0.1) is 0 Å². The van der Waals surface area contributed by atoms with Gasteiger partial charge < -0.3 is 22.1 Å². The van der Waals surface area contributed by atoms with E-state index in [2.05, 4.69) is 15.6 Å². The van der Waals surface area contributed by atoms with Gasteiger partial charge in [0.25, 0.3) is 5.91 Å². The highest BCUT2D eigenvalue weighted by Crippen LogP contribution is 2.30. The SMILES string of the molecule is Nc1nc(NC2CC2)sc1C(=O)NC1CCCCC1N. The van der Waals surface area contributed by atoms with E-state index < -0.39 is 0 Å². The van der Waals surface area contributed by atoms with Crippen molar-refractivity contribution >= 4 is 28.2 Å². The number of carbonyl (C=O) groups is 1. The summed E-state index contributed by atoms with van der Waals surface area (Å²) in [5, 5.41) is 7.01. The molecule has 6 nitrogen and oxygen atoms in total. The number of nitrogens with one attached hydrogen (secondary N) is 2. The number of carbonyl (C=O) groups excluding carboxylic acids is 1. The highest BCUT2D eigenvalue weighted by Gasteiger charge is 2.27. The van der Waals surface area contributed by atoms with Crippen LogP contribution in [0.4, 0.5) is 10.9 Å². The monoisotopic (exact) mass is 295 g/mol. The second-order valence-electron chi connectivity index (χ2n) is 5.68. The maximum Gasteiger partial charge on any atom is 0.265 e. The van der Waals surface area contributed by atoms with Crippen LogP contribution in [0.5, 0.6) is 0 Å². The number of hydrogen-bond acceptors (Lipinski definition) is 6. The van der Waals surface area contributed by atoms with Gasteiger partial charge in [-0.2, -0.15) is 0 Å². The number of nitrogens with two attached hydrogens (primary N) is 2. The lowest BCUT2D eigenvalue weighted by atomic mass is 9.91. The third kappa shape index (κ3) is 3.04. The molecule has 2 saturated carbocycles. The number of anilines is 2. The summed E-state index contributed by atoms with van der Waals surface area (Å²) in [6, 6.07) is 0.603. The third-order valence-electron chi connectivity index (χ3n) is 3.90. The maximum atomic E-state index is 12.3. The average molecular weight is 295 g/mol. The normalized spacial score (nSPS) is 26.2. The lowest BCUT2D eigenvalue weighted by molar-refractivity contribution is 0.0926. The topological polar surface area (TPSA) is 106 Å². The summed E-state index contributed by atoms with van der Waals surface area (Å²) in [6.45, 7) is 0. The predicted octanol–water partition coefficient (Wildman–Crippen LogP) is 1.30. The van der Waals surface area contributed by atoms with Crippen molar-refractivity contribution in [3.63, 3.8) is 0 Å². The predicted molar refractivity (Wildman–Crippen MR) is 80.9 cm³/mol. The molecule has 1 heterocycles.